The van der Waals surface area contributed by atoms with Gasteiger partial charge in [-0.2, -0.15) is 0 Å². The molecule has 4 nitrogen and oxygen atoms in total. The molecule has 336 valence electrons. The molecular weight excluding hydrogens is 986 g/mol. The number of phenols is 1. The number of hydrogen-bond donors (Lipinski definition) is 1. The zero-order valence-corrected chi connectivity index (χ0v) is 41.1. The van der Waals surface area contributed by atoms with Crippen LogP contribution in [-0.4, -0.2) is 19.6 Å². The van der Waals surface area contributed by atoms with Crippen molar-refractivity contribution < 1.29 is 37.1 Å². The standard InChI is InChI=1S/C61H60N3O.Pt/c1-37(2)46-29-47(38(3)4)31-49(30-46)44-23-24-56(40(6)27-44)64-57-18-14-17-53(58(57)63-60(64)54-36-52(61(8,9)10)28-41(7)59(54)65)50-32-48(42-15-12-11-13-16-42)33-51(34-50)55-35-45(25-26-62-55)43-21-19-39(5)20-22-43;/h11-19,21,23-33,35-38,65H,20,22H2,1-10H3;/q-1;/i5D3,6D3,37D,38D;. The van der Waals surface area contributed by atoms with E-state index in [1.54, 1.807) is 52.1 Å². The van der Waals surface area contributed by atoms with E-state index in [4.69, 9.17) is 20.9 Å². The van der Waals surface area contributed by atoms with Gasteiger partial charge in [-0.25, -0.2) is 4.98 Å². The third-order valence-electron chi connectivity index (χ3n) is 12.6. The Morgan fingerprint density at radius 3 is 2.11 bits per heavy atom. The first-order valence-corrected chi connectivity index (χ1v) is 22.3. The van der Waals surface area contributed by atoms with Gasteiger partial charge in [0, 0.05) is 43.9 Å². The summed E-state index contributed by atoms with van der Waals surface area (Å²) in [6.45, 7) is 10.6. The van der Waals surface area contributed by atoms with Gasteiger partial charge in [0.2, 0.25) is 0 Å². The number of nitrogens with zero attached hydrogens (tertiary/aromatic N) is 3. The van der Waals surface area contributed by atoms with E-state index in [2.05, 4.69) is 39.0 Å². The molecule has 0 fully saturated rings. The summed E-state index contributed by atoms with van der Waals surface area (Å²) in [6, 6.07) is 42.7. The smallest absolute Gasteiger partial charge is 0.148 e. The number of para-hydroxylation sites is 1. The Labute approximate surface area is 417 Å². The van der Waals surface area contributed by atoms with Crippen molar-refractivity contribution in [1.29, 1.82) is 0 Å². The topological polar surface area (TPSA) is 50.9 Å². The van der Waals surface area contributed by atoms with E-state index in [9.17, 15) is 5.11 Å². The second-order valence-electron chi connectivity index (χ2n) is 18.8. The fourth-order valence-corrected chi connectivity index (χ4v) is 8.71. The minimum atomic E-state index is -2.62. The maximum atomic E-state index is 12.1. The van der Waals surface area contributed by atoms with Gasteiger partial charge in [0.1, 0.15) is 11.6 Å². The van der Waals surface area contributed by atoms with Gasteiger partial charge in [0.25, 0.3) is 0 Å². The monoisotopic (exact) mass is 1050 g/mol. The zero-order chi connectivity index (χ0) is 52.6. The van der Waals surface area contributed by atoms with Crippen LogP contribution in [0, 0.1) is 19.8 Å². The van der Waals surface area contributed by atoms with Crippen molar-refractivity contribution in [3.05, 3.63) is 185 Å². The third kappa shape index (κ3) is 9.18. The summed E-state index contributed by atoms with van der Waals surface area (Å²) in [5, 5.41) is 12.1. The molecule has 0 saturated carbocycles. The summed E-state index contributed by atoms with van der Waals surface area (Å²) in [4.78, 5) is 10.3. The molecule has 0 spiro atoms. The number of benzene rings is 6. The van der Waals surface area contributed by atoms with Crippen LogP contribution in [0.5, 0.6) is 5.75 Å². The summed E-state index contributed by atoms with van der Waals surface area (Å²) in [5.74, 6) is -1.58. The maximum absolute atomic E-state index is 12.1. The van der Waals surface area contributed by atoms with Gasteiger partial charge >= 0.3 is 0 Å². The van der Waals surface area contributed by atoms with Gasteiger partial charge in [-0.1, -0.05) is 162 Å². The quantitative estimate of drug-likeness (QED) is 0.147. The molecule has 0 radical (unpaired) electrons. The van der Waals surface area contributed by atoms with E-state index in [1.807, 2.05) is 115 Å². The molecular formula is C61H60N3OPt-. The predicted octanol–water partition coefficient (Wildman–Crippen LogP) is 16.5. The number of fused-ring (bicyclic) bond motifs is 1. The molecule has 0 aliphatic heterocycles. The molecule has 0 bridgehead atoms. The molecule has 66 heavy (non-hydrogen) atoms. The predicted molar refractivity (Wildman–Crippen MR) is 274 cm³/mol. The van der Waals surface area contributed by atoms with Crippen molar-refractivity contribution >= 4 is 16.6 Å². The van der Waals surface area contributed by atoms with Gasteiger partial charge in [-0.3, -0.25) is 9.55 Å². The number of aryl methyl sites for hydroxylation is 2. The average Bonchev–Trinajstić information content (AvgIpc) is 3.73. The van der Waals surface area contributed by atoms with Gasteiger partial charge in [0.15, 0.2) is 0 Å². The molecule has 0 saturated heterocycles. The first-order valence-electron chi connectivity index (χ1n) is 26.3. The number of pyridine rings is 1. The summed E-state index contributed by atoms with van der Waals surface area (Å²) in [7, 11) is 0. The maximum Gasteiger partial charge on any atom is 0.148 e. The first kappa shape index (κ1) is 37.0. The largest absolute Gasteiger partial charge is 0.507 e. The summed E-state index contributed by atoms with van der Waals surface area (Å²) in [6.07, 6.45) is 6.40. The van der Waals surface area contributed by atoms with Crippen LogP contribution in [0.2, 0.25) is 0 Å². The van der Waals surface area contributed by atoms with Crippen molar-refractivity contribution in [3.8, 4) is 67.5 Å². The molecule has 1 aliphatic carbocycles. The van der Waals surface area contributed by atoms with Crippen LogP contribution in [0.25, 0.3) is 78.3 Å². The van der Waals surface area contributed by atoms with Crippen molar-refractivity contribution in [1.82, 2.24) is 14.5 Å². The van der Waals surface area contributed by atoms with Crippen molar-refractivity contribution in [2.45, 2.75) is 99.1 Å². The Kier molecular flexibility index (Phi) is 10.5. The molecule has 5 heteroatoms. The number of aromatic hydroxyl groups is 1. The van der Waals surface area contributed by atoms with Gasteiger partial charge < -0.3 is 5.11 Å². The minimum Gasteiger partial charge on any atom is -0.507 e. The Balaban J connectivity index is 0.00000729. The van der Waals surface area contributed by atoms with E-state index in [0.717, 1.165) is 39.0 Å². The fourth-order valence-electron chi connectivity index (χ4n) is 8.71. The number of imidazole rings is 1. The molecule has 2 aromatic heterocycles. The first-order chi connectivity index (χ1) is 34.1. The van der Waals surface area contributed by atoms with Crippen LogP contribution in [0.4, 0.5) is 0 Å². The molecule has 8 aromatic rings. The van der Waals surface area contributed by atoms with Crippen LogP contribution in [0.1, 0.15) is 124 Å². The summed E-state index contributed by atoms with van der Waals surface area (Å²) < 4.78 is 70.7. The van der Waals surface area contributed by atoms with Crippen LogP contribution >= 0.6 is 0 Å². The second kappa shape index (κ2) is 18.7. The minimum absolute atomic E-state index is 0. The molecule has 0 amide bonds. The van der Waals surface area contributed by atoms with Crippen LogP contribution < -0.4 is 0 Å². The number of hydrogen-bond acceptors (Lipinski definition) is 3. The molecule has 1 aliphatic rings. The van der Waals surface area contributed by atoms with E-state index in [0.29, 0.717) is 85.6 Å². The van der Waals surface area contributed by atoms with Gasteiger partial charge in [-0.05, 0) is 137 Å². The summed E-state index contributed by atoms with van der Waals surface area (Å²) in [5.41, 5.74) is 13.2. The van der Waals surface area contributed by atoms with Gasteiger partial charge in [0.05, 0.1) is 22.3 Å². The van der Waals surface area contributed by atoms with Crippen LogP contribution in [0.15, 0.2) is 145 Å². The van der Waals surface area contributed by atoms with Crippen LogP contribution in [-0.2, 0) is 26.5 Å². The molecule has 1 N–H and O–H groups in total. The van der Waals surface area contributed by atoms with Crippen LogP contribution in [0.3, 0.4) is 0 Å². The number of allylic oxidation sites excluding steroid dienone is 4. The average molecular weight is 1050 g/mol. The molecule has 6 aromatic carbocycles. The summed E-state index contributed by atoms with van der Waals surface area (Å²) >= 11 is 0. The molecule has 0 unspecified atom stereocenters. The fraction of sp³-hybridized carbons (Fsp3) is 0.246. The Morgan fingerprint density at radius 2 is 1.42 bits per heavy atom. The second-order valence-corrected chi connectivity index (χ2v) is 18.8. The Bertz CT molecular complexity index is 3480. The number of aromatic nitrogens is 3. The van der Waals surface area contributed by atoms with E-state index >= 15 is 0 Å². The number of rotatable bonds is 9. The van der Waals surface area contributed by atoms with E-state index < -0.39 is 25.5 Å². The third-order valence-corrected chi connectivity index (χ3v) is 12.6. The Hall–Kier alpha value is -6.09. The molecule has 2 heterocycles. The zero-order valence-electron chi connectivity index (χ0n) is 46.8. The van der Waals surface area contributed by atoms with Crippen molar-refractivity contribution in [3.63, 3.8) is 0 Å². The Morgan fingerprint density at radius 1 is 0.682 bits per heavy atom. The van der Waals surface area contributed by atoms with Gasteiger partial charge in [-0.15, -0.1) is 23.8 Å². The van der Waals surface area contributed by atoms with E-state index in [1.165, 1.54) is 0 Å². The number of phenolic OH excluding ortho intramolecular Hbond substituents is 1. The van der Waals surface area contributed by atoms with Crippen molar-refractivity contribution in [2.24, 2.45) is 0 Å². The normalized spacial score (nSPS) is 15.5. The molecule has 0 atom stereocenters. The van der Waals surface area contributed by atoms with E-state index in [-0.39, 0.29) is 37.8 Å². The van der Waals surface area contributed by atoms with Crippen molar-refractivity contribution in [2.75, 3.05) is 0 Å². The SMILES string of the molecule is [2H]C([2H])([2H])C1=CC=C(c2ccnc(-c3[c-]c(-c4cccc5c4nc(-c4cc(C(C)(C)C)cc(C)c4O)n5-c4ccc(-c5cc(C([2H])(C)C)cc(C([2H])(C)C)c5)cc4C([2H])([2H])[2H])cc(-c4ccccc4)c3)c2)CC1.[Pt]. The molecule has 9 rings (SSSR count).